The molecule has 0 N–H and O–H groups in total. The molecular formula is C8H11ClN2S. The Hall–Kier alpha value is -0.280. The van der Waals surface area contributed by atoms with Crippen molar-refractivity contribution < 1.29 is 0 Å². The molecule has 1 aromatic heterocycles. The lowest BCUT2D eigenvalue weighted by Gasteiger charge is -1.98. The summed E-state index contributed by atoms with van der Waals surface area (Å²) in [6.45, 7) is 2.17. The number of nitrogens with zero attached hydrogens (tertiary/aromatic N) is 2. The van der Waals surface area contributed by atoms with Gasteiger partial charge in [-0.2, -0.15) is 11.8 Å². The largest absolute Gasteiger partial charge is 0.256 e. The average Bonchev–Trinajstić information content (AvgIpc) is 2.09. The second-order valence-electron chi connectivity index (χ2n) is 2.38. The number of halogens is 1. The summed E-state index contributed by atoms with van der Waals surface area (Å²) >= 11 is 7.46. The van der Waals surface area contributed by atoms with Crippen LogP contribution in [0.3, 0.4) is 0 Å². The monoisotopic (exact) mass is 202 g/mol. The lowest BCUT2D eigenvalue weighted by molar-refractivity contribution is 1.08. The van der Waals surface area contributed by atoms with E-state index >= 15 is 0 Å². The first kappa shape index (κ1) is 9.81. The minimum absolute atomic E-state index is 0.458. The zero-order valence-electron chi connectivity index (χ0n) is 6.96. The van der Waals surface area contributed by atoms with E-state index in [4.69, 9.17) is 11.6 Å². The van der Waals surface area contributed by atoms with Crippen LogP contribution in [0.15, 0.2) is 12.4 Å². The number of aromatic nitrogens is 2. The molecule has 12 heavy (non-hydrogen) atoms. The highest BCUT2D eigenvalue weighted by atomic mass is 35.5. The molecular weight excluding hydrogens is 192 g/mol. The second kappa shape index (κ2) is 5.38. The molecule has 0 saturated carbocycles. The summed E-state index contributed by atoms with van der Waals surface area (Å²) in [4.78, 5) is 8.08. The maximum absolute atomic E-state index is 5.59. The molecule has 0 aliphatic rings. The maximum Gasteiger partial charge on any atom is 0.147 e. The van der Waals surface area contributed by atoms with E-state index in [1.165, 1.54) is 12.2 Å². The molecule has 2 nitrogen and oxygen atoms in total. The summed E-state index contributed by atoms with van der Waals surface area (Å²) in [6, 6.07) is 0. The fourth-order valence-corrected chi connectivity index (χ4v) is 1.62. The predicted molar refractivity (Wildman–Crippen MR) is 53.5 cm³/mol. The molecule has 0 spiro atoms. The van der Waals surface area contributed by atoms with Crippen molar-refractivity contribution in [1.29, 1.82) is 0 Å². The number of hydrogen-bond donors (Lipinski definition) is 0. The van der Waals surface area contributed by atoms with Crippen LogP contribution < -0.4 is 0 Å². The third kappa shape index (κ3) is 3.41. The van der Waals surface area contributed by atoms with Gasteiger partial charge in [0.2, 0.25) is 0 Å². The standard InChI is InChI=1S/C8H11ClN2S/c1-2-3-12-6-7-4-11-8(9)5-10-7/h4-5H,2-3,6H2,1H3. The van der Waals surface area contributed by atoms with Gasteiger partial charge in [0.15, 0.2) is 0 Å². The van der Waals surface area contributed by atoms with E-state index in [2.05, 4.69) is 16.9 Å². The highest BCUT2D eigenvalue weighted by Gasteiger charge is 1.94. The number of rotatable bonds is 4. The summed E-state index contributed by atoms with van der Waals surface area (Å²) in [5.41, 5.74) is 0.998. The molecule has 0 aromatic carbocycles. The summed E-state index contributed by atoms with van der Waals surface area (Å²) in [5.74, 6) is 2.10. The van der Waals surface area contributed by atoms with Gasteiger partial charge >= 0.3 is 0 Å². The molecule has 0 atom stereocenters. The van der Waals surface area contributed by atoms with Gasteiger partial charge in [0.1, 0.15) is 5.15 Å². The van der Waals surface area contributed by atoms with E-state index in [1.54, 1.807) is 12.4 Å². The Morgan fingerprint density at radius 3 is 2.83 bits per heavy atom. The fraction of sp³-hybridized carbons (Fsp3) is 0.500. The Balaban J connectivity index is 2.37. The molecule has 0 radical (unpaired) electrons. The quantitative estimate of drug-likeness (QED) is 0.703. The van der Waals surface area contributed by atoms with E-state index in [0.717, 1.165) is 11.4 Å². The minimum atomic E-state index is 0.458. The van der Waals surface area contributed by atoms with Crippen LogP contribution in [0.2, 0.25) is 5.15 Å². The molecule has 4 heteroatoms. The molecule has 0 unspecified atom stereocenters. The summed E-state index contributed by atoms with van der Waals surface area (Å²) in [5, 5.41) is 0.458. The first-order chi connectivity index (χ1) is 5.83. The van der Waals surface area contributed by atoms with Crippen LogP contribution in [0.5, 0.6) is 0 Å². The van der Waals surface area contributed by atoms with Crippen molar-refractivity contribution >= 4 is 23.4 Å². The highest BCUT2D eigenvalue weighted by molar-refractivity contribution is 7.98. The van der Waals surface area contributed by atoms with E-state index in [0.29, 0.717) is 5.15 Å². The molecule has 0 aliphatic carbocycles. The number of thioether (sulfide) groups is 1. The maximum atomic E-state index is 5.59. The molecule has 0 amide bonds. The van der Waals surface area contributed by atoms with Crippen molar-refractivity contribution in [3.8, 4) is 0 Å². The van der Waals surface area contributed by atoms with E-state index in [-0.39, 0.29) is 0 Å². The summed E-state index contributed by atoms with van der Waals surface area (Å²) in [6.07, 6.45) is 4.51. The Labute approximate surface area is 81.8 Å². The lowest BCUT2D eigenvalue weighted by Crippen LogP contribution is -1.88. The molecule has 0 fully saturated rings. The molecule has 1 rings (SSSR count). The van der Waals surface area contributed by atoms with Crippen LogP contribution >= 0.6 is 23.4 Å². The third-order valence-electron chi connectivity index (χ3n) is 1.27. The predicted octanol–water partition coefficient (Wildman–Crippen LogP) is 2.77. The van der Waals surface area contributed by atoms with Gasteiger partial charge in [-0.1, -0.05) is 18.5 Å². The van der Waals surface area contributed by atoms with E-state index in [1.807, 2.05) is 11.8 Å². The van der Waals surface area contributed by atoms with Gasteiger partial charge < -0.3 is 0 Å². The van der Waals surface area contributed by atoms with Crippen LogP contribution in [-0.2, 0) is 5.75 Å². The zero-order valence-corrected chi connectivity index (χ0v) is 8.53. The highest BCUT2D eigenvalue weighted by Crippen LogP contribution is 2.10. The van der Waals surface area contributed by atoms with Gasteiger partial charge in [-0.05, 0) is 12.2 Å². The Bertz CT molecular complexity index is 225. The minimum Gasteiger partial charge on any atom is -0.256 e. The Morgan fingerprint density at radius 1 is 1.42 bits per heavy atom. The van der Waals surface area contributed by atoms with Crippen LogP contribution in [0, 0.1) is 0 Å². The molecule has 0 saturated heterocycles. The van der Waals surface area contributed by atoms with Gasteiger partial charge in [-0.25, -0.2) is 4.98 Å². The summed E-state index contributed by atoms with van der Waals surface area (Å²) < 4.78 is 0. The molecule has 0 aliphatic heterocycles. The Kier molecular flexibility index (Phi) is 4.40. The van der Waals surface area contributed by atoms with Crippen molar-refractivity contribution in [2.24, 2.45) is 0 Å². The smallest absolute Gasteiger partial charge is 0.147 e. The second-order valence-corrected chi connectivity index (χ2v) is 3.88. The summed E-state index contributed by atoms with van der Waals surface area (Å²) in [7, 11) is 0. The van der Waals surface area contributed by atoms with Crippen LogP contribution in [0.25, 0.3) is 0 Å². The van der Waals surface area contributed by atoms with Gasteiger partial charge in [-0.15, -0.1) is 0 Å². The van der Waals surface area contributed by atoms with Gasteiger partial charge in [0.25, 0.3) is 0 Å². The number of hydrogen-bond acceptors (Lipinski definition) is 3. The molecule has 1 aromatic rings. The lowest BCUT2D eigenvalue weighted by atomic mass is 10.5. The van der Waals surface area contributed by atoms with E-state index in [9.17, 15) is 0 Å². The van der Waals surface area contributed by atoms with Crippen LogP contribution in [-0.4, -0.2) is 15.7 Å². The van der Waals surface area contributed by atoms with E-state index < -0.39 is 0 Å². The van der Waals surface area contributed by atoms with Crippen LogP contribution in [0.1, 0.15) is 19.0 Å². The van der Waals surface area contributed by atoms with Crippen molar-refractivity contribution in [3.05, 3.63) is 23.2 Å². The Morgan fingerprint density at radius 2 is 2.25 bits per heavy atom. The van der Waals surface area contributed by atoms with Gasteiger partial charge in [-0.3, -0.25) is 4.98 Å². The molecule has 0 bridgehead atoms. The third-order valence-corrected chi connectivity index (χ3v) is 2.66. The molecule has 1 heterocycles. The van der Waals surface area contributed by atoms with Gasteiger partial charge in [0.05, 0.1) is 18.1 Å². The fourth-order valence-electron chi connectivity index (χ4n) is 0.735. The van der Waals surface area contributed by atoms with Crippen molar-refractivity contribution in [1.82, 2.24) is 9.97 Å². The average molecular weight is 203 g/mol. The zero-order chi connectivity index (χ0) is 8.81. The first-order valence-corrected chi connectivity index (χ1v) is 5.40. The topological polar surface area (TPSA) is 25.8 Å². The SMILES string of the molecule is CCCSCc1cnc(Cl)cn1. The van der Waals surface area contributed by atoms with Crippen molar-refractivity contribution in [2.75, 3.05) is 5.75 Å². The van der Waals surface area contributed by atoms with Crippen molar-refractivity contribution in [2.45, 2.75) is 19.1 Å². The first-order valence-electron chi connectivity index (χ1n) is 3.87. The van der Waals surface area contributed by atoms with Gasteiger partial charge in [0, 0.05) is 5.75 Å². The molecule has 66 valence electrons. The normalized spacial score (nSPS) is 10.2. The van der Waals surface area contributed by atoms with Crippen LogP contribution in [0.4, 0.5) is 0 Å². The van der Waals surface area contributed by atoms with Crippen molar-refractivity contribution in [3.63, 3.8) is 0 Å².